The van der Waals surface area contributed by atoms with Gasteiger partial charge in [-0.05, 0) is 45.2 Å². The summed E-state index contributed by atoms with van der Waals surface area (Å²) in [7, 11) is 0. The summed E-state index contributed by atoms with van der Waals surface area (Å²) < 4.78 is 0. The molecule has 1 atom stereocenters. The van der Waals surface area contributed by atoms with Crippen molar-refractivity contribution >= 4 is 5.91 Å². The van der Waals surface area contributed by atoms with Crippen molar-refractivity contribution in [2.24, 2.45) is 11.3 Å². The number of piperidine rings is 1. The van der Waals surface area contributed by atoms with Crippen LogP contribution in [-0.2, 0) is 4.79 Å². The molecule has 2 heterocycles. The molecule has 3 nitrogen and oxygen atoms in total. The van der Waals surface area contributed by atoms with Crippen molar-refractivity contribution in [1.82, 2.24) is 10.2 Å². The number of rotatable bonds is 2. The van der Waals surface area contributed by atoms with Crippen LogP contribution in [0.4, 0.5) is 0 Å². The second-order valence-electron chi connectivity index (χ2n) is 6.32. The van der Waals surface area contributed by atoms with Crippen molar-refractivity contribution in [3.05, 3.63) is 11.6 Å². The zero-order chi connectivity index (χ0) is 13.2. The summed E-state index contributed by atoms with van der Waals surface area (Å²) in [5.41, 5.74) is 1.18. The summed E-state index contributed by atoms with van der Waals surface area (Å²) in [5, 5.41) is 3.42. The van der Waals surface area contributed by atoms with Crippen molar-refractivity contribution in [3.63, 3.8) is 0 Å². The number of amides is 1. The van der Waals surface area contributed by atoms with E-state index in [9.17, 15) is 4.79 Å². The van der Waals surface area contributed by atoms with Crippen LogP contribution in [0.25, 0.3) is 0 Å². The van der Waals surface area contributed by atoms with Crippen molar-refractivity contribution in [1.29, 1.82) is 0 Å². The molecule has 1 fully saturated rings. The molecule has 1 amide bonds. The number of hydrogen-bond acceptors (Lipinski definition) is 2. The Hall–Kier alpha value is -0.830. The van der Waals surface area contributed by atoms with Gasteiger partial charge in [-0.1, -0.05) is 25.5 Å². The number of nitrogens with zero attached hydrogens (tertiary/aromatic N) is 1. The number of hydrogen-bond donors (Lipinski definition) is 1. The highest BCUT2D eigenvalue weighted by atomic mass is 16.2. The number of carbonyl (C=O) groups excluding carboxylic acids is 1. The van der Waals surface area contributed by atoms with Gasteiger partial charge in [-0.2, -0.15) is 0 Å². The van der Waals surface area contributed by atoms with Gasteiger partial charge in [0.2, 0.25) is 5.91 Å². The van der Waals surface area contributed by atoms with Gasteiger partial charge in [-0.15, -0.1) is 0 Å². The second-order valence-corrected chi connectivity index (χ2v) is 6.32. The third kappa shape index (κ3) is 2.77. The maximum absolute atomic E-state index is 12.7. The molecule has 0 aromatic rings. The fraction of sp³-hybridized carbons (Fsp3) is 0.800. The van der Waals surface area contributed by atoms with E-state index in [1.807, 2.05) is 4.90 Å². The number of carbonyl (C=O) groups is 1. The summed E-state index contributed by atoms with van der Waals surface area (Å²) in [6.45, 7) is 10.2. The van der Waals surface area contributed by atoms with Crippen molar-refractivity contribution in [3.8, 4) is 0 Å². The zero-order valence-corrected chi connectivity index (χ0v) is 12.0. The van der Waals surface area contributed by atoms with E-state index in [4.69, 9.17) is 0 Å². The van der Waals surface area contributed by atoms with E-state index in [0.29, 0.717) is 11.8 Å². The Morgan fingerprint density at radius 2 is 2.28 bits per heavy atom. The smallest absolute Gasteiger partial charge is 0.228 e. The third-order valence-corrected chi connectivity index (χ3v) is 4.59. The lowest BCUT2D eigenvalue weighted by atomic mass is 9.74. The molecular formula is C15H26N2O. The maximum atomic E-state index is 12.7. The summed E-state index contributed by atoms with van der Waals surface area (Å²) in [5.74, 6) is 0.811. The molecule has 1 saturated heterocycles. The Kier molecular flexibility index (Phi) is 4.10. The molecule has 0 spiro atoms. The molecule has 3 heteroatoms. The van der Waals surface area contributed by atoms with Crippen LogP contribution >= 0.6 is 0 Å². The molecule has 18 heavy (non-hydrogen) atoms. The van der Waals surface area contributed by atoms with E-state index in [0.717, 1.165) is 32.6 Å². The zero-order valence-electron chi connectivity index (χ0n) is 12.0. The van der Waals surface area contributed by atoms with E-state index < -0.39 is 0 Å². The highest BCUT2D eigenvalue weighted by molar-refractivity contribution is 5.82. The van der Waals surface area contributed by atoms with Gasteiger partial charge in [-0.3, -0.25) is 4.79 Å². The van der Waals surface area contributed by atoms with E-state index in [-0.39, 0.29) is 5.41 Å². The summed E-state index contributed by atoms with van der Waals surface area (Å²) in [6, 6.07) is 0. The van der Waals surface area contributed by atoms with Crippen LogP contribution in [0.5, 0.6) is 0 Å². The maximum Gasteiger partial charge on any atom is 0.228 e. The topological polar surface area (TPSA) is 32.3 Å². The standard InChI is InChI=1S/C15H26N2O/c1-12-6-9-17(10-7-12)14(18)15(2,3)13-5-4-8-16-11-13/h6,13,16H,4-5,7-11H2,1-3H3. The van der Waals surface area contributed by atoms with Gasteiger partial charge in [0.1, 0.15) is 0 Å². The molecular weight excluding hydrogens is 224 g/mol. The number of nitrogens with one attached hydrogen (secondary N) is 1. The van der Waals surface area contributed by atoms with Crippen LogP contribution in [0, 0.1) is 11.3 Å². The van der Waals surface area contributed by atoms with Gasteiger partial charge >= 0.3 is 0 Å². The molecule has 2 rings (SSSR count). The summed E-state index contributed by atoms with van der Waals surface area (Å²) in [4.78, 5) is 14.7. The van der Waals surface area contributed by atoms with Crippen molar-refractivity contribution in [2.45, 2.75) is 40.0 Å². The Labute approximate surface area is 111 Å². The molecule has 0 radical (unpaired) electrons. The van der Waals surface area contributed by atoms with Gasteiger partial charge in [0.05, 0.1) is 0 Å². The molecule has 0 aliphatic carbocycles. The lowest BCUT2D eigenvalue weighted by Crippen LogP contribution is -2.49. The first kappa shape index (κ1) is 13.6. The first-order valence-electron chi connectivity index (χ1n) is 7.17. The van der Waals surface area contributed by atoms with Gasteiger partial charge in [-0.25, -0.2) is 0 Å². The molecule has 1 unspecified atom stereocenters. The Morgan fingerprint density at radius 1 is 1.50 bits per heavy atom. The molecule has 0 saturated carbocycles. The predicted octanol–water partition coefficient (Wildman–Crippen LogP) is 2.19. The third-order valence-electron chi connectivity index (χ3n) is 4.59. The minimum atomic E-state index is -0.230. The SMILES string of the molecule is CC1=CCN(C(=O)C(C)(C)C2CCCNC2)CC1. The fourth-order valence-electron chi connectivity index (χ4n) is 3.01. The van der Waals surface area contributed by atoms with Crippen LogP contribution in [0.1, 0.15) is 40.0 Å². The van der Waals surface area contributed by atoms with Gasteiger partial charge < -0.3 is 10.2 Å². The molecule has 102 valence electrons. The van der Waals surface area contributed by atoms with Crippen LogP contribution in [0.15, 0.2) is 11.6 Å². The molecule has 2 aliphatic rings. The monoisotopic (exact) mass is 250 g/mol. The minimum absolute atomic E-state index is 0.230. The van der Waals surface area contributed by atoms with Gasteiger partial charge in [0.15, 0.2) is 0 Å². The highest BCUT2D eigenvalue weighted by Gasteiger charge is 2.39. The van der Waals surface area contributed by atoms with Crippen LogP contribution < -0.4 is 5.32 Å². The van der Waals surface area contributed by atoms with Crippen LogP contribution in [0.2, 0.25) is 0 Å². The second kappa shape index (κ2) is 5.43. The highest BCUT2D eigenvalue weighted by Crippen LogP contribution is 2.34. The van der Waals surface area contributed by atoms with Crippen LogP contribution in [0.3, 0.4) is 0 Å². The largest absolute Gasteiger partial charge is 0.338 e. The Morgan fingerprint density at radius 3 is 2.83 bits per heavy atom. The first-order chi connectivity index (χ1) is 8.51. The molecule has 0 bridgehead atoms. The average Bonchev–Trinajstić information content (AvgIpc) is 2.40. The molecule has 0 aromatic carbocycles. The van der Waals surface area contributed by atoms with Crippen molar-refractivity contribution < 1.29 is 4.79 Å². The average molecular weight is 250 g/mol. The van der Waals surface area contributed by atoms with Crippen LogP contribution in [-0.4, -0.2) is 37.0 Å². The predicted molar refractivity (Wildman–Crippen MR) is 74.3 cm³/mol. The lowest BCUT2D eigenvalue weighted by molar-refractivity contribution is -0.143. The van der Waals surface area contributed by atoms with Crippen molar-refractivity contribution in [2.75, 3.05) is 26.2 Å². The summed E-state index contributed by atoms with van der Waals surface area (Å²) >= 11 is 0. The van der Waals surface area contributed by atoms with Gasteiger partial charge in [0, 0.05) is 18.5 Å². The Bertz CT molecular complexity index is 340. The quantitative estimate of drug-likeness (QED) is 0.762. The fourth-order valence-corrected chi connectivity index (χ4v) is 3.01. The molecule has 1 N–H and O–H groups in total. The molecule has 2 aliphatic heterocycles. The lowest BCUT2D eigenvalue weighted by Gasteiger charge is -2.40. The summed E-state index contributed by atoms with van der Waals surface area (Å²) in [6.07, 6.45) is 5.59. The molecule has 0 aromatic heterocycles. The first-order valence-corrected chi connectivity index (χ1v) is 7.17. The van der Waals surface area contributed by atoms with Gasteiger partial charge in [0.25, 0.3) is 0 Å². The van der Waals surface area contributed by atoms with E-state index >= 15 is 0 Å². The normalized spacial score (nSPS) is 25.8. The Balaban J connectivity index is 2.02. The van der Waals surface area contributed by atoms with E-state index in [1.54, 1.807) is 0 Å². The van der Waals surface area contributed by atoms with E-state index in [1.165, 1.54) is 18.4 Å². The minimum Gasteiger partial charge on any atom is -0.338 e. The van der Waals surface area contributed by atoms with E-state index in [2.05, 4.69) is 32.2 Å².